The first-order chi connectivity index (χ1) is 6.90. The van der Waals surface area contributed by atoms with Crippen LogP contribution < -0.4 is 0 Å². The first-order valence-electron chi connectivity index (χ1n) is 6.11. The molecule has 0 nitrogen and oxygen atoms in total. The van der Waals surface area contributed by atoms with Gasteiger partial charge < -0.3 is 27.7 Å². The SMILES string of the molecule is [CH2-]CC(C[CH2-])C(C)C.[CH2-]CC([CH2-])C(C)C.[Y].[Y]. The fourth-order valence-corrected chi connectivity index (χ4v) is 1.14. The van der Waals surface area contributed by atoms with Crippen molar-refractivity contribution in [2.75, 3.05) is 0 Å². The predicted molar refractivity (Wildman–Crippen MR) is 71.9 cm³/mol. The van der Waals surface area contributed by atoms with Crippen LogP contribution in [0.15, 0.2) is 0 Å². The van der Waals surface area contributed by atoms with Gasteiger partial charge in [0.2, 0.25) is 0 Å². The normalized spacial score (nSPS) is 11.5. The second-order valence-electron chi connectivity index (χ2n) is 4.87. The summed E-state index contributed by atoms with van der Waals surface area (Å²) >= 11 is 0. The zero-order valence-electron chi connectivity index (χ0n) is 12.4. The molecule has 17 heavy (non-hydrogen) atoms. The van der Waals surface area contributed by atoms with Crippen LogP contribution in [0.3, 0.4) is 0 Å². The molecule has 0 heterocycles. The van der Waals surface area contributed by atoms with Crippen LogP contribution in [0.5, 0.6) is 0 Å². The number of rotatable bonds is 5. The Balaban J connectivity index is -0.0000000896. The summed E-state index contributed by atoms with van der Waals surface area (Å²) in [6.07, 6.45) is 3.01. The molecule has 0 saturated heterocycles. The average molecular weight is 388 g/mol. The van der Waals surface area contributed by atoms with Gasteiger partial charge in [-0.25, -0.2) is 6.42 Å². The van der Waals surface area contributed by atoms with Crippen LogP contribution in [-0.4, -0.2) is 0 Å². The average Bonchev–Trinajstić information content (AvgIpc) is 2.18. The molecule has 0 fully saturated rings. The second kappa shape index (κ2) is 18.2. The van der Waals surface area contributed by atoms with Gasteiger partial charge in [0.1, 0.15) is 0 Å². The van der Waals surface area contributed by atoms with Crippen molar-refractivity contribution >= 4 is 0 Å². The molecule has 1 unspecified atom stereocenters. The van der Waals surface area contributed by atoms with Gasteiger partial charge in [0.25, 0.3) is 0 Å². The topological polar surface area (TPSA) is 0 Å². The molecule has 0 aliphatic carbocycles. The molecule has 0 aliphatic rings. The van der Waals surface area contributed by atoms with E-state index in [9.17, 15) is 0 Å². The van der Waals surface area contributed by atoms with Crippen molar-refractivity contribution in [1.29, 1.82) is 0 Å². The summed E-state index contributed by atoms with van der Waals surface area (Å²) < 4.78 is 0. The van der Waals surface area contributed by atoms with Crippen molar-refractivity contribution in [2.24, 2.45) is 23.7 Å². The molecular weight excluding hydrogens is 358 g/mol. The maximum atomic E-state index is 3.89. The largest absolute Gasteiger partial charge is 0.345 e. The molecule has 0 aromatic carbocycles. The molecule has 0 rings (SSSR count). The Labute approximate surface area is 162 Å². The van der Waals surface area contributed by atoms with Crippen molar-refractivity contribution in [3.05, 3.63) is 27.7 Å². The zero-order valence-corrected chi connectivity index (χ0v) is 18.1. The van der Waals surface area contributed by atoms with E-state index in [1.165, 1.54) is 0 Å². The summed E-state index contributed by atoms with van der Waals surface area (Å²) in [4.78, 5) is 0. The Morgan fingerprint density at radius 2 is 1.06 bits per heavy atom. The van der Waals surface area contributed by atoms with Gasteiger partial charge >= 0.3 is 0 Å². The maximum absolute atomic E-state index is 3.89. The zero-order chi connectivity index (χ0) is 12.4. The van der Waals surface area contributed by atoms with Gasteiger partial charge in [0.15, 0.2) is 0 Å². The number of hydrogen-bond acceptors (Lipinski definition) is 0. The molecule has 0 spiro atoms. The molecular formula is C15H30Y2-4. The summed E-state index contributed by atoms with van der Waals surface area (Å²) in [5, 5.41) is 0. The Hall–Kier alpha value is 2.21. The van der Waals surface area contributed by atoms with Crippen molar-refractivity contribution in [3.63, 3.8) is 0 Å². The fraction of sp³-hybridized carbons (Fsp3) is 0.733. The third kappa shape index (κ3) is 18.2. The fourth-order valence-electron chi connectivity index (χ4n) is 1.14. The number of hydrogen-bond donors (Lipinski definition) is 0. The molecule has 2 radical (unpaired) electrons. The van der Waals surface area contributed by atoms with Gasteiger partial charge in [0.05, 0.1) is 0 Å². The van der Waals surface area contributed by atoms with Crippen molar-refractivity contribution in [1.82, 2.24) is 0 Å². The Bertz CT molecular complexity index is 118. The first-order valence-corrected chi connectivity index (χ1v) is 6.11. The smallest absolute Gasteiger partial charge is 0 e. The monoisotopic (exact) mass is 388 g/mol. The molecule has 2 heteroatoms. The van der Waals surface area contributed by atoms with E-state index in [1.54, 1.807) is 0 Å². The molecule has 0 saturated carbocycles. The van der Waals surface area contributed by atoms with Crippen LogP contribution in [0.2, 0.25) is 0 Å². The van der Waals surface area contributed by atoms with Crippen molar-refractivity contribution in [3.8, 4) is 0 Å². The molecule has 0 aromatic heterocycles. The Morgan fingerprint density at radius 3 is 1.06 bits per heavy atom. The van der Waals surface area contributed by atoms with Crippen LogP contribution >= 0.6 is 0 Å². The third-order valence-electron chi connectivity index (χ3n) is 3.00. The molecule has 0 N–H and O–H groups in total. The second-order valence-corrected chi connectivity index (χ2v) is 4.87. The van der Waals surface area contributed by atoms with Crippen LogP contribution in [0.1, 0.15) is 47.0 Å². The van der Waals surface area contributed by atoms with Crippen LogP contribution in [0.4, 0.5) is 0 Å². The van der Waals surface area contributed by atoms with Crippen LogP contribution in [0.25, 0.3) is 0 Å². The van der Waals surface area contributed by atoms with Gasteiger partial charge in [-0.3, -0.25) is 0 Å². The minimum atomic E-state index is 0. The van der Waals surface area contributed by atoms with E-state index in [4.69, 9.17) is 0 Å². The summed E-state index contributed by atoms with van der Waals surface area (Å²) in [6.45, 7) is 24.1. The quantitative estimate of drug-likeness (QED) is 0.581. The molecule has 0 amide bonds. The Kier molecular flexibility index (Phi) is 29.5. The summed E-state index contributed by atoms with van der Waals surface area (Å²) in [7, 11) is 0. The maximum Gasteiger partial charge on any atom is 0 e. The summed E-state index contributed by atoms with van der Waals surface area (Å²) in [6, 6.07) is 0. The van der Waals surface area contributed by atoms with Crippen molar-refractivity contribution < 1.29 is 65.4 Å². The molecule has 1 atom stereocenters. The summed E-state index contributed by atoms with van der Waals surface area (Å²) in [5.41, 5.74) is 0. The molecule has 100 valence electrons. The predicted octanol–water partition coefficient (Wildman–Crippen LogP) is 5.02. The van der Waals surface area contributed by atoms with E-state index in [-0.39, 0.29) is 65.4 Å². The van der Waals surface area contributed by atoms with Crippen molar-refractivity contribution in [2.45, 2.75) is 47.0 Å². The van der Waals surface area contributed by atoms with Crippen LogP contribution in [0, 0.1) is 51.4 Å². The van der Waals surface area contributed by atoms with Crippen LogP contribution in [-0.2, 0) is 65.4 Å². The standard InChI is InChI=1S/C8H16.C7H14.2Y/c1-5-8(6-2)7(3)4;1-5-7(4)6(2)3;;/h7-8H,1-2,5-6H2,3-4H3;6-7H,1,4-5H2,2-3H3;;/q2*-2;;. The van der Waals surface area contributed by atoms with E-state index >= 15 is 0 Å². The minimum absolute atomic E-state index is 0. The van der Waals surface area contributed by atoms with E-state index < -0.39 is 0 Å². The molecule has 0 bridgehead atoms. The van der Waals surface area contributed by atoms with E-state index in [1.807, 2.05) is 0 Å². The van der Waals surface area contributed by atoms with Gasteiger partial charge in [-0.05, 0) is 5.92 Å². The van der Waals surface area contributed by atoms with Gasteiger partial charge in [-0.15, -0.1) is 0 Å². The van der Waals surface area contributed by atoms with Gasteiger partial charge in [-0.1, -0.05) is 39.5 Å². The van der Waals surface area contributed by atoms with E-state index in [0.29, 0.717) is 11.8 Å². The third-order valence-corrected chi connectivity index (χ3v) is 3.00. The molecule has 0 aromatic rings. The van der Waals surface area contributed by atoms with Gasteiger partial charge in [-0.2, -0.15) is 18.8 Å². The van der Waals surface area contributed by atoms with E-state index in [0.717, 1.165) is 31.1 Å². The minimum Gasteiger partial charge on any atom is -0.345 e. The molecule has 0 aliphatic heterocycles. The summed E-state index contributed by atoms with van der Waals surface area (Å²) in [5.74, 6) is 2.72. The van der Waals surface area contributed by atoms with Gasteiger partial charge in [0, 0.05) is 65.4 Å². The Morgan fingerprint density at radius 1 is 0.706 bits per heavy atom. The van der Waals surface area contributed by atoms with E-state index in [2.05, 4.69) is 55.4 Å². The first kappa shape index (κ1) is 27.5.